The number of hydrogen-bond donors (Lipinski definition) is 1. The van der Waals surface area contributed by atoms with Crippen LogP contribution in [0.5, 0.6) is 0 Å². The first kappa shape index (κ1) is 17.7. The first-order chi connectivity index (χ1) is 9.98. The Morgan fingerprint density at radius 1 is 1.14 bits per heavy atom. The molecule has 1 aromatic heterocycles. The Kier molecular flexibility index (Phi) is 5.53. The van der Waals surface area contributed by atoms with Crippen molar-refractivity contribution in [3.63, 3.8) is 0 Å². The van der Waals surface area contributed by atoms with Crippen LogP contribution >= 0.6 is 35.3 Å². The fourth-order valence-corrected chi connectivity index (χ4v) is 5.74. The van der Waals surface area contributed by atoms with Crippen LogP contribution in [0.15, 0.2) is 46.7 Å². The van der Waals surface area contributed by atoms with Gasteiger partial charge in [-0.2, -0.15) is 4.31 Å². The molecule has 1 saturated heterocycles. The molecule has 0 unspecified atom stereocenters. The highest BCUT2D eigenvalue weighted by atomic mass is 35.5. The van der Waals surface area contributed by atoms with Gasteiger partial charge < -0.3 is 5.73 Å². The van der Waals surface area contributed by atoms with Crippen LogP contribution in [0, 0.1) is 0 Å². The molecule has 0 aliphatic carbocycles. The van der Waals surface area contributed by atoms with E-state index in [2.05, 4.69) is 0 Å². The van der Waals surface area contributed by atoms with E-state index in [1.165, 1.54) is 4.31 Å². The summed E-state index contributed by atoms with van der Waals surface area (Å²) in [5, 5.41) is 0. The molecule has 1 aliphatic rings. The molecule has 8 heteroatoms. The molecule has 22 heavy (non-hydrogen) atoms. The summed E-state index contributed by atoms with van der Waals surface area (Å²) < 4.78 is 27.4. The predicted molar refractivity (Wildman–Crippen MR) is 92.5 cm³/mol. The first-order valence-electron chi connectivity index (χ1n) is 6.54. The van der Waals surface area contributed by atoms with Gasteiger partial charge in [0.25, 0.3) is 10.0 Å². The number of nitrogens with two attached hydrogens (primary N) is 1. The van der Waals surface area contributed by atoms with Gasteiger partial charge in [0.05, 0.1) is 4.34 Å². The number of rotatable bonds is 3. The molecule has 0 saturated carbocycles. The minimum atomic E-state index is -3.50. The largest absolute Gasteiger partial charge is 0.326 e. The zero-order valence-corrected chi connectivity index (χ0v) is 14.8. The molecule has 4 nitrogen and oxygen atoms in total. The number of benzene rings is 1. The summed E-state index contributed by atoms with van der Waals surface area (Å²) >= 11 is 6.91. The number of sulfonamides is 1. The van der Waals surface area contributed by atoms with Crippen molar-refractivity contribution in [2.45, 2.75) is 16.2 Å². The second kappa shape index (κ2) is 6.86. The maximum Gasteiger partial charge on any atom is 0.252 e. The van der Waals surface area contributed by atoms with Crippen LogP contribution in [0.4, 0.5) is 0 Å². The maximum atomic E-state index is 12.6. The third kappa shape index (κ3) is 3.32. The van der Waals surface area contributed by atoms with Crippen molar-refractivity contribution >= 4 is 45.4 Å². The van der Waals surface area contributed by atoms with Crippen molar-refractivity contribution in [2.24, 2.45) is 5.73 Å². The second-order valence-electron chi connectivity index (χ2n) is 5.06. The van der Waals surface area contributed by atoms with Gasteiger partial charge in [0, 0.05) is 25.0 Å². The molecule has 2 aromatic rings. The van der Waals surface area contributed by atoms with Gasteiger partial charge in [0.1, 0.15) is 4.21 Å². The summed E-state index contributed by atoms with van der Waals surface area (Å²) in [5.74, 6) is 0.0245. The zero-order chi connectivity index (χ0) is 15.0. The van der Waals surface area contributed by atoms with Gasteiger partial charge in [0.2, 0.25) is 0 Å². The highest BCUT2D eigenvalue weighted by Crippen LogP contribution is 2.33. The molecule has 1 aromatic carbocycles. The van der Waals surface area contributed by atoms with E-state index in [0.717, 1.165) is 16.9 Å². The van der Waals surface area contributed by atoms with Crippen LogP contribution in [0.3, 0.4) is 0 Å². The molecule has 2 N–H and O–H groups in total. The molecule has 1 fully saturated rings. The Hall–Kier alpha value is -0.630. The highest BCUT2D eigenvalue weighted by molar-refractivity contribution is 7.91. The lowest BCUT2D eigenvalue weighted by Crippen LogP contribution is -2.31. The van der Waals surface area contributed by atoms with Gasteiger partial charge >= 0.3 is 0 Å². The molecule has 3 rings (SSSR count). The SMILES string of the molecule is Cl.N[C@@H]1CN(S(=O)(=O)c2ccc(Cl)s2)C[C@H]1c1ccccc1. The second-order valence-corrected chi connectivity index (χ2v) is 8.94. The van der Waals surface area contributed by atoms with E-state index in [-0.39, 0.29) is 28.6 Å². The van der Waals surface area contributed by atoms with Crippen molar-refractivity contribution in [1.82, 2.24) is 4.31 Å². The Labute approximate surface area is 145 Å². The Morgan fingerprint density at radius 2 is 1.82 bits per heavy atom. The Balaban J connectivity index is 0.00000176. The topological polar surface area (TPSA) is 63.4 Å². The van der Waals surface area contributed by atoms with E-state index in [1.54, 1.807) is 12.1 Å². The normalized spacial score (nSPS) is 22.5. The lowest BCUT2D eigenvalue weighted by Gasteiger charge is -2.15. The van der Waals surface area contributed by atoms with Crippen molar-refractivity contribution in [3.05, 3.63) is 52.4 Å². The van der Waals surface area contributed by atoms with Crippen LogP contribution in [0.1, 0.15) is 11.5 Å². The molecule has 0 spiro atoms. The van der Waals surface area contributed by atoms with Gasteiger partial charge in [-0.1, -0.05) is 41.9 Å². The monoisotopic (exact) mass is 378 g/mol. The smallest absolute Gasteiger partial charge is 0.252 e. The lowest BCUT2D eigenvalue weighted by molar-refractivity contribution is 0.472. The average molecular weight is 379 g/mol. The quantitative estimate of drug-likeness (QED) is 0.892. The molecule has 1 aliphatic heterocycles. The minimum absolute atomic E-state index is 0. The molecule has 2 atom stereocenters. The van der Waals surface area contributed by atoms with Gasteiger partial charge in [0.15, 0.2) is 0 Å². The summed E-state index contributed by atoms with van der Waals surface area (Å²) in [7, 11) is -3.50. The van der Waals surface area contributed by atoms with E-state index in [9.17, 15) is 8.42 Å². The van der Waals surface area contributed by atoms with E-state index in [4.69, 9.17) is 17.3 Å². The lowest BCUT2D eigenvalue weighted by atomic mass is 9.95. The molecular weight excluding hydrogens is 363 g/mol. The van der Waals surface area contributed by atoms with Crippen LogP contribution in [0.2, 0.25) is 4.34 Å². The fourth-order valence-electron chi connectivity index (χ4n) is 2.60. The Bertz CT molecular complexity index is 734. The van der Waals surface area contributed by atoms with Gasteiger partial charge in [-0.3, -0.25) is 0 Å². The molecule has 2 heterocycles. The van der Waals surface area contributed by atoms with Crippen molar-refractivity contribution in [2.75, 3.05) is 13.1 Å². The van der Waals surface area contributed by atoms with Crippen LogP contribution < -0.4 is 5.73 Å². The fraction of sp³-hybridized carbons (Fsp3) is 0.286. The van der Waals surface area contributed by atoms with E-state index in [1.807, 2.05) is 30.3 Å². The van der Waals surface area contributed by atoms with E-state index in [0.29, 0.717) is 17.4 Å². The molecule has 0 bridgehead atoms. The summed E-state index contributed by atoms with van der Waals surface area (Å²) in [6, 6.07) is 12.7. The van der Waals surface area contributed by atoms with Crippen LogP contribution in [0.25, 0.3) is 0 Å². The summed E-state index contributed by atoms with van der Waals surface area (Å²) in [4.78, 5) is 0. The standard InChI is InChI=1S/C14H15ClN2O2S2.ClH/c15-13-6-7-14(20-13)21(18,19)17-8-11(12(16)9-17)10-4-2-1-3-5-10;/h1-7,11-12H,8-9,16H2;1H/t11-,12+;/m0./s1. The first-order valence-corrected chi connectivity index (χ1v) is 9.18. The third-order valence-electron chi connectivity index (χ3n) is 3.70. The van der Waals surface area contributed by atoms with E-state index < -0.39 is 10.0 Å². The average Bonchev–Trinajstić information content (AvgIpc) is 3.07. The summed E-state index contributed by atoms with van der Waals surface area (Å²) in [5.41, 5.74) is 7.23. The van der Waals surface area contributed by atoms with Crippen LogP contribution in [-0.2, 0) is 10.0 Å². The number of thiophene rings is 1. The molecular formula is C14H16Cl2N2O2S2. The summed E-state index contributed by atoms with van der Waals surface area (Å²) in [6.45, 7) is 0.737. The molecule has 120 valence electrons. The predicted octanol–water partition coefficient (Wildman–Crippen LogP) is 2.94. The number of halogens is 2. The van der Waals surface area contributed by atoms with Crippen LogP contribution in [-0.4, -0.2) is 31.9 Å². The highest BCUT2D eigenvalue weighted by Gasteiger charge is 2.38. The van der Waals surface area contributed by atoms with Crippen molar-refractivity contribution < 1.29 is 8.42 Å². The van der Waals surface area contributed by atoms with Gasteiger partial charge in [-0.25, -0.2) is 8.42 Å². The Morgan fingerprint density at radius 3 is 2.41 bits per heavy atom. The third-order valence-corrected chi connectivity index (χ3v) is 7.23. The molecule has 0 radical (unpaired) electrons. The van der Waals surface area contributed by atoms with Crippen molar-refractivity contribution in [1.29, 1.82) is 0 Å². The van der Waals surface area contributed by atoms with Gasteiger partial charge in [-0.05, 0) is 17.7 Å². The maximum absolute atomic E-state index is 12.6. The van der Waals surface area contributed by atoms with Crippen molar-refractivity contribution in [3.8, 4) is 0 Å². The number of nitrogens with zero attached hydrogens (tertiary/aromatic N) is 1. The zero-order valence-electron chi connectivity index (χ0n) is 11.6. The summed E-state index contributed by atoms with van der Waals surface area (Å²) in [6.07, 6.45) is 0. The minimum Gasteiger partial charge on any atom is -0.326 e. The van der Waals surface area contributed by atoms with E-state index >= 15 is 0 Å². The molecule has 0 amide bonds. The van der Waals surface area contributed by atoms with Gasteiger partial charge in [-0.15, -0.1) is 23.7 Å². The number of hydrogen-bond acceptors (Lipinski definition) is 4.